The smallest absolute Gasteiger partial charge is 0.132 e. The van der Waals surface area contributed by atoms with E-state index in [0.29, 0.717) is 33.0 Å². The Morgan fingerprint density at radius 2 is 1.65 bits per heavy atom. The Labute approximate surface area is 133 Å². The molecular weight excluding hydrogens is 317 g/mol. The van der Waals surface area contributed by atoms with Gasteiger partial charge in [-0.2, -0.15) is 0 Å². The lowest BCUT2D eigenvalue weighted by Gasteiger charge is -2.13. The molecule has 106 valence electrons. The summed E-state index contributed by atoms with van der Waals surface area (Å²) in [6, 6.07) is 10.6. The van der Waals surface area contributed by atoms with Crippen molar-refractivity contribution in [3.8, 4) is 11.5 Å². The second-order valence-corrected chi connectivity index (χ2v) is 5.95. The number of halogens is 3. The van der Waals surface area contributed by atoms with Crippen LogP contribution in [0.4, 0.5) is 0 Å². The molecule has 0 heterocycles. The molecule has 0 spiro atoms. The summed E-state index contributed by atoms with van der Waals surface area (Å²) in [6.07, 6.45) is 0.695. The van der Waals surface area contributed by atoms with Crippen LogP contribution in [-0.2, 0) is 6.42 Å². The van der Waals surface area contributed by atoms with Crippen molar-refractivity contribution in [3.63, 3.8) is 0 Å². The van der Waals surface area contributed by atoms with Crippen LogP contribution in [0.1, 0.15) is 12.5 Å². The molecule has 0 fully saturated rings. The van der Waals surface area contributed by atoms with E-state index in [4.69, 9.17) is 45.3 Å². The Morgan fingerprint density at radius 1 is 1.00 bits per heavy atom. The molecule has 2 N–H and O–H groups in total. The fourth-order valence-electron chi connectivity index (χ4n) is 1.85. The first-order valence-electron chi connectivity index (χ1n) is 6.12. The minimum Gasteiger partial charge on any atom is -0.457 e. The van der Waals surface area contributed by atoms with Crippen molar-refractivity contribution in [2.45, 2.75) is 19.4 Å². The van der Waals surface area contributed by atoms with Gasteiger partial charge in [0, 0.05) is 21.1 Å². The van der Waals surface area contributed by atoms with Crippen molar-refractivity contribution in [1.82, 2.24) is 0 Å². The number of hydrogen-bond donors (Lipinski definition) is 1. The van der Waals surface area contributed by atoms with Crippen LogP contribution in [0.5, 0.6) is 11.5 Å². The van der Waals surface area contributed by atoms with Crippen molar-refractivity contribution in [1.29, 1.82) is 0 Å². The van der Waals surface area contributed by atoms with Crippen molar-refractivity contribution < 1.29 is 4.74 Å². The van der Waals surface area contributed by atoms with Gasteiger partial charge in [-0.3, -0.25) is 0 Å². The maximum Gasteiger partial charge on any atom is 0.132 e. The zero-order valence-electron chi connectivity index (χ0n) is 10.9. The van der Waals surface area contributed by atoms with Gasteiger partial charge in [0.05, 0.1) is 0 Å². The minimum atomic E-state index is 0.0291. The summed E-state index contributed by atoms with van der Waals surface area (Å²) in [5, 5.41) is 1.63. The molecule has 2 nitrogen and oxygen atoms in total. The highest BCUT2D eigenvalue weighted by atomic mass is 35.5. The molecule has 0 amide bonds. The monoisotopic (exact) mass is 329 g/mol. The molecule has 20 heavy (non-hydrogen) atoms. The molecule has 1 unspecified atom stereocenters. The molecule has 0 aromatic heterocycles. The zero-order chi connectivity index (χ0) is 14.7. The average molecular weight is 331 g/mol. The highest BCUT2D eigenvalue weighted by Gasteiger charge is 2.09. The first-order chi connectivity index (χ1) is 9.44. The fourth-order valence-corrected chi connectivity index (χ4v) is 2.52. The average Bonchev–Trinajstić information content (AvgIpc) is 2.31. The van der Waals surface area contributed by atoms with Crippen molar-refractivity contribution in [2.24, 2.45) is 5.73 Å². The lowest BCUT2D eigenvalue weighted by Crippen LogP contribution is -2.18. The summed E-state index contributed by atoms with van der Waals surface area (Å²) in [4.78, 5) is 0. The summed E-state index contributed by atoms with van der Waals surface area (Å²) >= 11 is 17.9. The SMILES string of the molecule is CC(N)Cc1ccc(Cl)cc1Oc1cc(Cl)cc(Cl)c1. The lowest BCUT2D eigenvalue weighted by molar-refractivity contribution is 0.474. The Balaban J connectivity index is 2.33. The van der Waals surface area contributed by atoms with Gasteiger partial charge in [0.15, 0.2) is 0 Å². The van der Waals surface area contributed by atoms with Gasteiger partial charge in [-0.05, 0) is 49.2 Å². The molecule has 2 rings (SSSR count). The maximum atomic E-state index is 6.02. The van der Waals surface area contributed by atoms with Crippen LogP contribution in [-0.4, -0.2) is 6.04 Å². The molecule has 0 aliphatic rings. The quantitative estimate of drug-likeness (QED) is 0.822. The highest BCUT2D eigenvalue weighted by molar-refractivity contribution is 6.34. The van der Waals surface area contributed by atoms with Crippen LogP contribution in [0.25, 0.3) is 0 Å². The number of ether oxygens (including phenoxy) is 1. The molecule has 2 aromatic rings. The van der Waals surface area contributed by atoms with Crippen LogP contribution < -0.4 is 10.5 Å². The Bertz CT molecular complexity index is 594. The third-order valence-electron chi connectivity index (χ3n) is 2.63. The van der Waals surface area contributed by atoms with E-state index in [9.17, 15) is 0 Å². The van der Waals surface area contributed by atoms with Gasteiger partial charge < -0.3 is 10.5 Å². The van der Waals surface area contributed by atoms with Crippen LogP contribution in [0, 0.1) is 0 Å². The van der Waals surface area contributed by atoms with E-state index in [1.807, 2.05) is 19.1 Å². The summed E-state index contributed by atoms with van der Waals surface area (Å²) < 4.78 is 5.84. The van der Waals surface area contributed by atoms with E-state index in [-0.39, 0.29) is 6.04 Å². The zero-order valence-corrected chi connectivity index (χ0v) is 13.1. The normalized spacial score (nSPS) is 12.2. The van der Waals surface area contributed by atoms with Gasteiger partial charge >= 0.3 is 0 Å². The van der Waals surface area contributed by atoms with E-state index < -0.39 is 0 Å². The molecule has 0 bridgehead atoms. The van der Waals surface area contributed by atoms with Crippen LogP contribution in [0.15, 0.2) is 36.4 Å². The van der Waals surface area contributed by atoms with Crippen LogP contribution >= 0.6 is 34.8 Å². The number of nitrogens with two attached hydrogens (primary N) is 1. The van der Waals surface area contributed by atoms with E-state index in [1.54, 1.807) is 24.3 Å². The highest BCUT2D eigenvalue weighted by Crippen LogP contribution is 2.32. The maximum absolute atomic E-state index is 6.02. The summed E-state index contributed by atoms with van der Waals surface area (Å²) in [6.45, 7) is 1.94. The molecule has 1 atom stereocenters. The van der Waals surface area contributed by atoms with Crippen molar-refractivity contribution >= 4 is 34.8 Å². The Hall–Kier alpha value is -0.930. The fraction of sp³-hybridized carbons (Fsp3) is 0.200. The van der Waals surface area contributed by atoms with Crippen LogP contribution in [0.2, 0.25) is 15.1 Å². The molecule has 5 heteroatoms. The second-order valence-electron chi connectivity index (χ2n) is 4.64. The summed E-state index contributed by atoms with van der Waals surface area (Å²) in [7, 11) is 0. The molecule has 0 saturated carbocycles. The third-order valence-corrected chi connectivity index (χ3v) is 3.31. The Kier molecular flexibility index (Phi) is 5.17. The van der Waals surface area contributed by atoms with E-state index in [0.717, 1.165) is 5.56 Å². The molecule has 0 aliphatic heterocycles. The predicted molar refractivity (Wildman–Crippen MR) is 85.3 cm³/mol. The van der Waals surface area contributed by atoms with Gasteiger partial charge in [-0.25, -0.2) is 0 Å². The summed E-state index contributed by atoms with van der Waals surface area (Å²) in [5.41, 5.74) is 6.83. The standard InChI is InChI=1S/C15H14Cl3NO/c1-9(19)4-10-2-3-11(16)8-15(10)20-14-6-12(17)5-13(18)7-14/h2-3,5-9H,4,19H2,1H3. The Morgan fingerprint density at radius 3 is 2.25 bits per heavy atom. The van der Waals surface area contributed by atoms with E-state index in [1.165, 1.54) is 0 Å². The molecule has 0 saturated heterocycles. The molecule has 0 radical (unpaired) electrons. The topological polar surface area (TPSA) is 35.2 Å². The molecule has 2 aromatic carbocycles. The summed E-state index contributed by atoms with van der Waals surface area (Å²) in [5.74, 6) is 1.23. The largest absolute Gasteiger partial charge is 0.457 e. The van der Waals surface area contributed by atoms with Gasteiger partial charge in [0.1, 0.15) is 11.5 Å². The number of hydrogen-bond acceptors (Lipinski definition) is 2. The van der Waals surface area contributed by atoms with Crippen molar-refractivity contribution in [3.05, 3.63) is 57.0 Å². The van der Waals surface area contributed by atoms with E-state index in [2.05, 4.69) is 0 Å². The van der Waals surface area contributed by atoms with Crippen molar-refractivity contribution in [2.75, 3.05) is 0 Å². The third kappa shape index (κ3) is 4.29. The van der Waals surface area contributed by atoms with Gasteiger partial charge in [-0.15, -0.1) is 0 Å². The minimum absolute atomic E-state index is 0.0291. The molecule has 0 aliphatic carbocycles. The number of rotatable bonds is 4. The van der Waals surface area contributed by atoms with Crippen LogP contribution in [0.3, 0.4) is 0 Å². The van der Waals surface area contributed by atoms with Gasteiger partial charge in [0.2, 0.25) is 0 Å². The second kappa shape index (κ2) is 6.68. The first-order valence-corrected chi connectivity index (χ1v) is 7.25. The first kappa shape index (κ1) is 15.5. The van der Waals surface area contributed by atoms with E-state index >= 15 is 0 Å². The van der Waals surface area contributed by atoms with Gasteiger partial charge in [0.25, 0.3) is 0 Å². The number of benzene rings is 2. The molecular formula is C15H14Cl3NO. The lowest BCUT2D eigenvalue weighted by atomic mass is 10.1. The van der Waals surface area contributed by atoms with Gasteiger partial charge in [-0.1, -0.05) is 40.9 Å². The predicted octanol–water partition coefficient (Wildman–Crippen LogP) is 5.33.